The molecule has 1 unspecified atom stereocenters. The quantitative estimate of drug-likeness (QED) is 0.819. The number of hydrogen-bond acceptors (Lipinski definition) is 2. The largest absolute Gasteiger partial charge is 0.359 e. The highest BCUT2D eigenvalue weighted by Crippen LogP contribution is 2.16. The second-order valence-corrected chi connectivity index (χ2v) is 6.05. The van der Waals surface area contributed by atoms with Crippen LogP contribution >= 0.6 is 23.8 Å². The van der Waals surface area contributed by atoms with E-state index in [2.05, 4.69) is 35.8 Å². The van der Waals surface area contributed by atoms with Gasteiger partial charge in [-0.3, -0.25) is 4.68 Å². The molecule has 0 bridgehead atoms. The minimum atomic E-state index is 0.116. The Bertz CT molecular complexity index is 636. The summed E-state index contributed by atoms with van der Waals surface area (Å²) in [5.74, 6) is 0. The van der Waals surface area contributed by atoms with E-state index >= 15 is 0 Å². The Morgan fingerprint density at radius 3 is 2.64 bits per heavy atom. The lowest BCUT2D eigenvalue weighted by Crippen LogP contribution is -2.36. The van der Waals surface area contributed by atoms with E-state index in [0.717, 1.165) is 28.4 Å². The van der Waals surface area contributed by atoms with Gasteiger partial charge in [-0.2, -0.15) is 5.10 Å². The highest BCUT2D eigenvalue weighted by Gasteiger charge is 2.13. The fourth-order valence-electron chi connectivity index (χ4n) is 2.23. The minimum Gasteiger partial charge on any atom is -0.359 e. The summed E-state index contributed by atoms with van der Waals surface area (Å²) in [5, 5.41) is 12.3. The zero-order valence-corrected chi connectivity index (χ0v) is 14.6. The Balaban J connectivity index is 1.88. The Hall–Kier alpha value is -1.59. The lowest BCUT2D eigenvalue weighted by molar-refractivity contribution is 0.651. The van der Waals surface area contributed by atoms with Crippen LogP contribution in [0.5, 0.6) is 0 Å². The van der Waals surface area contributed by atoms with E-state index in [1.807, 2.05) is 35.9 Å². The maximum absolute atomic E-state index is 5.87. The second-order valence-electron chi connectivity index (χ2n) is 5.20. The second kappa shape index (κ2) is 7.61. The van der Waals surface area contributed by atoms with Crippen molar-refractivity contribution in [3.05, 3.63) is 52.3 Å². The minimum absolute atomic E-state index is 0.116. The van der Waals surface area contributed by atoms with Gasteiger partial charge in [0.05, 0.1) is 11.7 Å². The van der Waals surface area contributed by atoms with Crippen LogP contribution in [0.2, 0.25) is 5.02 Å². The van der Waals surface area contributed by atoms with Gasteiger partial charge >= 0.3 is 0 Å². The highest BCUT2D eigenvalue weighted by atomic mass is 35.5. The predicted molar refractivity (Wildman–Crippen MR) is 95.1 cm³/mol. The van der Waals surface area contributed by atoms with Gasteiger partial charge in [-0.25, -0.2) is 0 Å². The van der Waals surface area contributed by atoms with E-state index < -0.39 is 0 Å². The fourth-order valence-corrected chi connectivity index (χ4v) is 2.61. The average molecular weight is 337 g/mol. The number of nitrogens with zero attached hydrogens (tertiary/aromatic N) is 2. The van der Waals surface area contributed by atoms with Crippen molar-refractivity contribution >= 4 is 28.9 Å². The van der Waals surface area contributed by atoms with Crippen LogP contribution in [0.3, 0.4) is 0 Å². The van der Waals surface area contributed by atoms with Crippen LogP contribution in [-0.2, 0) is 13.1 Å². The normalized spacial score (nSPS) is 12.0. The molecule has 0 spiro atoms. The summed E-state index contributed by atoms with van der Waals surface area (Å²) in [4.78, 5) is 0. The van der Waals surface area contributed by atoms with Gasteiger partial charge in [0.2, 0.25) is 0 Å². The van der Waals surface area contributed by atoms with Crippen molar-refractivity contribution in [1.29, 1.82) is 0 Å². The summed E-state index contributed by atoms with van der Waals surface area (Å²) in [6, 6.07) is 7.83. The van der Waals surface area contributed by atoms with Crippen molar-refractivity contribution in [2.24, 2.45) is 0 Å². The molecular weight excluding hydrogens is 316 g/mol. The smallest absolute Gasteiger partial charge is 0.167 e. The maximum Gasteiger partial charge on any atom is 0.167 e. The summed E-state index contributed by atoms with van der Waals surface area (Å²) in [5.41, 5.74) is 3.33. The molecule has 4 nitrogen and oxygen atoms in total. The van der Waals surface area contributed by atoms with E-state index in [1.165, 1.54) is 0 Å². The zero-order chi connectivity index (χ0) is 16.1. The van der Waals surface area contributed by atoms with Crippen LogP contribution < -0.4 is 10.6 Å². The molecule has 2 N–H and O–H groups in total. The van der Waals surface area contributed by atoms with Gasteiger partial charge < -0.3 is 10.6 Å². The third-order valence-corrected chi connectivity index (χ3v) is 4.00. The van der Waals surface area contributed by atoms with Gasteiger partial charge in [0.25, 0.3) is 0 Å². The molecule has 1 aromatic heterocycles. The molecular formula is C16H21ClN4S. The number of aryl methyl sites for hydroxylation is 2. The van der Waals surface area contributed by atoms with Crippen molar-refractivity contribution in [2.75, 3.05) is 0 Å². The van der Waals surface area contributed by atoms with Crippen LogP contribution in [0, 0.1) is 6.92 Å². The van der Waals surface area contributed by atoms with E-state index in [4.69, 9.17) is 23.8 Å². The number of halogens is 1. The van der Waals surface area contributed by atoms with Crippen molar-refractivity contribution < 1.29 is 0 Å². The Labute approximate surface area is 141 Å². The van der Waals surface area contributed by atoms with Gasteiger partial charge in [0.1, 0.15) is 0 Å². The molecule has 6 heteroatoms. The Morgan fingerprint density at radius 2 is 2.05 bits per heavy atom. The average Bonchev–Trinajstić information content (AvgIpc) is 2.88. The van der Waals surface area contributed by atoms with Gasteiger partial charge in [-0.1, -0.05) is 23.7 Å². The summed E-state index contributed by atoms with van der Waals surface area (Å²) >= 11 is 11.2. The molecule has 0 amide bonds. The molecule has 118 valence electrons. The lowest BCUT2D eigenvalue weighted by Gasteiger charge is -2.16. The van der Waals surface area contributed by atoms with Gasteiger partial charge in [0.15, 0.2) is 5.11 Å². The van der Waals surface area contributed by atoms with Gasteiger partial charge in [-0.15, -0.1) is 0 Å². The summed E-state index contributed by atoms with van der Waals surface area (Å²) in [6.45, 7) is 7.71. The number of benzene rings is 1. The van der Waals surface area contributed by atoms with Crippen molar-refractivity contribution in [3.63, 3.8) is 0 Å². The molecule has 0 radical (unpaired) electrons. The first-order valence-corrected chi connectivity index (χ1v) is 8.11. The van der Waals surface area contributed by atoms with Gasteiger partial charge in [-0.05, 0) is 50.7 Å². The molecule has 0 aliphatic rings. The Morgan fingerprint density at radius 1 is 1.36 bits per heavy atom. The number of nitrogens with one attached hydrogen (secondary N) is 2. The van der Waals surface area contributed by atoms with E-state index in [0.29, 0.717) is 11.7 Å². The monoisotopic (exact) mass is 336 g/mol. The van der Waals surface area contributed by atoms with Crippen molar-refractivity contribution in [2.45, 2.75) is 39.9 Å². The predicted octanol–water partition coefficient (Wildman–Crippen LogP) is 3.59. The summed E-state index contributed by atoms with van der Waals surface area (Å²) < 4.78 is 1.94. The standard InChI is InChI=1S/C16H21ClN4S/c1-4-21-10-15(12(3)20-21)11(2)19-16(22)18-9-13-5-7-14(17)8-6-13/h5-8,10-11H,4,9H2,1-3H3,(H2,18,19,22). The topological polar surface area (TPSA) is 41.9 Å². The highest BCUT2D eigenvalue weighted by molar-refractivity contribution is 7.80. The van der Waals surface area contributed by atoms with E-state index in [-0.39, 0.29) is 6.04 Å². The molecule has 1 atom stereocenters. The number of thiocarbonyl (C=S) groups is 1. The molecule has 2 aromatic rings. The summed E-state index contributed by atoms with van der Waals surface area (Å²) in [7, 11) is 0. The Kier molecular flexibility index (Phi) is 5.80. The zero-order valence-electron chi connectivity index (χ0n) is 13.1. The van der Waals surface area contributed by atoms with Crippen LogP contribution in [0.25, 0.3) is 0 Å². The van der Waals surface area contributed by atoms with Crippen LogP contribution in [0.15, 0.2) is 30.5 Å². The number of aromatic nitrogens is 2. The molecule has 1 aromatic carbocycles. The molecule has 0 aliphatic heterocycles. The molecule has 0 saturated carbocycles. The fraction of sp³-hybridized carbons (Fsp3) is 0.375. The molecule has 1 heterocycles. The van der Waals surface area contributed by atoms with Crippen molar-refractivity contribution in [1.82, 2.24) is 20.4 Å². The maximum atomic E-state index is 5.87. The molecule has 0 fully saturated rings. The van der Waals surface area contributed by atoms with Crippen LogP contribution in [0.4, 0.5) is 0 Å². The summed E-state index contributed by atoms with van der Waals surface area (Å²) in [6.07, 6.45) is 2.06. The first-order valence-electron chi connectivity index (χ1n) is 7.32. The molecule has 22 heavy (non-hydrogen) atoms. The molecule has 0 aliphatic carbocycles. The lowest BCUT2D eigenvalue weighted by atomic mass is 10.1. The van der Waals surface area contributed by atoms with E-state index in [9.17, 15) is 0 Å². The number of rotatable bonds is 5. The van der Waals surface area contributed by atoms with E-state index in [1.54, 1.807) is 0 Å². The van der Waals surface area contributed by atoms with Crippen LogP contribution in [-0.4, -0.2) is 14.9 Å². The van der Waals surface area contributed by atoms with Crippen molar-refractivity contribution in [3.8, 4) is 0 Å². The van der Waals surface area contributed by atoms with Crippen LogP contribution in [0.1, 0.15) is 36.7 Å². The molecule has 0 saturated heterocycles. The van der Waals surface area contributed by atoms with Gasteiger partial charge in [0, 0.05) is 29.9 Å². The SMILES string of the molecule is CCn1cc(C(C)NC(=S)NCc2ccc(Cl)cc2)c(C)n1. The first-order chi connectivity index (χ1) is 10.5. The number of hydrogen-bond donors (Lipinski definition) is 2. The first kappa shape index (κ1) is 16.8. The molecule has 2 rings (SSSR count). The third-order valence-electron chi connectivity index (χ3n) is 3.49. The third kappa shape index (κ3) is 4.45.